The van der Waals surface area contributed by atoms with Crippen molar-refractivity contribution in [1.82, 2.24) is 9.97 Å². The molecule has 8 nitrogen and oxygen atoms in total. The zero-order chi connectivity index (χ0) is 15.6. The first-order valence-corrected chi connectivity index (χ1v) is 6.93. The lowest BCUT2D eigenvalue weighted by atomic mass is 9.73. The van der Waals surface area contributed by atoms with Crippen LogP contribution >= 0.6 is 11.6 Å². The molecule has 0 atom stereocenters. The highest BCUT2D eigenvalue weighted by Gasteiger charge is 2.36. The molecule has 0 aliphatic heterocycles. The number of nitro groups is 1. The van der Waals surface area contributed by atoms with Gasteiger partial charge in [-0.3, -0.25) is 14.9 Å². The lowest BCUT2D eigenvalue weighted by molar-refractivity contribution is -0.384. The van der Waals surface area contributed by atoms with Crippen LogP contribution in [0.3, 0.4) is 0 Å². The van der Waals surface area contributed by atoms with Crippen molar-refractivity contribution in [2.45, 2.75) is 38.6 Å². The Balaban J connectivity index is 2.09. The molecule has 0 unspecified atom stereocenters. The van der Waals surface area contributed by atoms with E-state index in [4.69, 9.17) is 17.3 Å². The van der Waals surface area contributed by atoms with Crippen molar-refractivity contribution >= 4 is 29.0 Å². The average molecular weight is 314 g/mol. The Bertz CT molecular complexity index is 572. The molecule has 2 rings (SSSR count). The van der Waals surface area contributed by atoms with Crippen LogP contribution in [0.4, 0.5) is 11.5 Å². The Hall–Kier alpha value is -1.96. The summed E-state index contributed by atoms with van der Waals surface area (Å²) in [5.41, 5.74) is 4.67. The second kappa shape index (κ2) is 5.80. The Morgan fingerprint density at radius 3 is 2.71 bits per heavy atom. The summed E-state index contributed by atoms with van der Waals surface area (Å²) in [5, 5.41) is 13.9. The highest BCUT2D eigenvalue weighted by atomic mass is 35.5. The predicted molar refractivity (Wildman–Crippen MR) is 76.9 cm³/mol. The van der Waals surface area contributed by atoms with Crippen molar-refractivity contribution in [3.05, 3.63) is 21.6 Å². The van der Waals surface area contributed by atoms with Crippen LogP contribution in [-0.2, 0) is 4.79 Å². The molecule has 1 aromatic heterocycles. The summed E-state index contributed by atoms with van der Waals surface area (Å²) in [4.78, 5) is 29.3. The second-order valence-corrected chi connectivity index (χ2v) is 5.81. The maximum absolute atomic E-state index is 11.4. The van der Waals surface area contributed by atoms with E-state index < -0.39 is 10.3 Å². The molecule has 3 N–H and O–H groups in total. The van der Waals surface area contributed by atoms with Crippen molar-refractivity contribution in [3.8, 4) is 0 Å². The van der Waals surface area contributed by atoms with E-state index in [0.29, 0.717) is 25.7 Å². The summed E-state index contributed by atoms with van der Waals surface area (Å²) in [7, 11) is 0. The fraction of sp³-hybridized carbons (Fsp3) is 0.583. The first-order chi connectivity index (χ1) is 9.82. The van der Waals surface area contributed by atoms with Crippen LogP contribution in [0, 0.1) is 15.5 Å². The van der Waals surface area contributed by atoms with Crippen LogP contribution in [0.15, 0.2) is 6.20 Å². The van der Waals surface area contributed by atoms with Gasteiger partial charge in [0.05, 0.1) is 4.92 Å². The van der Waals surface area contributed by atoms with Gasteiger partial charge in [-0.15, -0.1) is 0 Å². The number of nitrogens with zero attached hydrogens (tertiary/aromatic N) is 3. The first-order valence-electron chi connectivity index (χ1n) is 6.55. The van der Waals surface area contributed by atoms with Crippen LogP contribution in [0.2, 0.25) is 5.28 Å². The van der Waals surface area contributed by atoms with Gasteiger partial charge in [0.25, 0.3) is 0 Å². The molecule has 114 valence electrons. The van der Waals surface area contributed by atoms with E-state index in [2.05, 4.69) is 15.3 Å². The second-order valence-electron chi connectivity index (χ2n) is 5.47. The average Bonchev–Trinajstić information content (AvgIpc) is 2.41. The van der Waals surface area contributed by atoms with Gasteiger partial charge in [-0.1, -0.05) is 6.92 Å². The molecule has 1 saturated carbocycles. The van der Waals surface area contributed by atoms with Crippen molar-refractivity contribution in [2.75, 3.05) is 5.32 Å². The van der Waals surface area contributed by atoms with E-state index in [1.165, 1.54) is 0 Å². The van der Waals surface area contributed by atoms with E-state index in [-0.39, 0.29) is 28.7 Å². The number of nitrogens with one attached hydrogen (secondary N) is 1. The molecule has 1 amide bonds. The summed E-state index contributed by atoms with van der Waals surface area (Å²) in [6.07, 6.45) is 3.70. The molecule has 21 heavy (non-hydrogen) atoms. The lowest BCUT2D eigenvalue weighted by Gasteiger charge is -2.35. The molecule has 0 bridgehead atoms. The standard InChI is InChI=1S/C12H16ClN5O3/c1-12(10(14)19)4-2-7(3-5-12)16-9-8(18(20)21)6-15-11(13)17-9/h6-7H,2-5H2,1H3,(H2,14,19)(H,15,16,17)/t7-,12-. The third kappa shape index (κ3) is 3.38. The number of primary amides is 1. The number of amides is 1. The van der Waals surface area contributed by atoms with Crippen LogP contribution in [0.1, 0.15) is 32.6 Å². The van der Waals surface area contributed by atoms with Crippen LogP contribution < -0.4 is 11.1 Å². The summed E-state index contributed by atoms with van der Waals surface area (Å²) in [5.74, 6) is -0.204. The van der Waals surface area contributed by atoms with Gasteiger partial charge in [0, 0.05) is 11.5 Å². The molecule has 0 spiro atoms. The SMILES string of the molecule is C[C@]1(C(N)=O)CC[C@H](Nc2nc(Cl)ncc2[N+](=O)[O-])CC1. The zero-order valence-corrected chi connectivity index (χ0v) is 12.3. The van der Waals surface area contributed by atoms with E-state index >= 15 is 0 Å². The van der Waals surface area contributed by atoms with Crippen molar-refractivity contribution in [1.29, 1.82) is 0 Å². The van der Waals surface area contributed by atoms with Gasteiger partial charge in [-0.05, 0) is 37.3 Å². The van der Waals surface area contributed by atoms with Gasteiger partial charge in [-0.2, -0.15) is 4.98 Å². The Labute approximate surface area is 126 Å². The van der Waals surface area contributed by atoms with Gasteiger partial charge in [0.2, 0.25) is 17.0 Å². The first kappa shape index (κ1) is 15.4. The third-order valence-corrected chi connectivity index (χ3v) is 4.14. The molecule has 1 aromatic rings. The number of hydrogen-bond acceptors (Lipinski definition) is 6. The maximum Gasteiger partial charge on any atom is 0.329 e. The Kier molecular flexibility index (Phi) is 4.26. The predicted octanol–water partition coefficient (Wildman–Crippen LogP) is 1.88. The fourth-order valence-electron chi connectivity index (χ4n) is 2.43. The van der Waals surface area contributed by atoms with Crippen LogP contribution in [-0.4, -0.2) is 26.8 Å². The summed E-state index contributed by atoms with van der Waals surface area (Å²) >= 11 is 5.68. The van der Waals surface area contributed by atoms with E-state index in [1.807, 2.05) is 6.92 Å². The number of carbonyl (C=O) groups is 1. The number of halogens is 1. The smallest absolute Gasteiger partial charge is 0.329 e. The van der Waals surface area contributed by atoms with Crippen molar-refractivity contribution < 1.29 is 9.72 Å². The zero-order valence-electron chi connectivity index (χ0n) is 11.5. The highest BCUT2D eigenvalue weighted by molar-refractivity contribution is 6.28. The minimum Gasteiger partial charge on any atom is -0.369 e. The van der Waals surface area contributed by atoms with Crippen LogP contribution in [0.25, 0.3) is 0 Å². The Morgan fingerprint density at radius 1 is 1.57 bits per heavy atom. The largest absolute Gasteiger partial charge is 0.369 e. The summed E-state index contributed by atoms with van der Waals surface area (Å²) < 4.78 is 0. The van der Waals surface area contributed by atoms with Crippen LogP contribution in [0.5, 0.6) is 0 Å². The monoisotopic (exact) mass is 313 g/mol. The normalized spacial score (nSPS) is 25.3. The van der Waals surface area contributed by atoms with Crippen molar-refractivity contribution in [2.24, 2.45) is 11.1 Å². The number of hydrogen-bond donors (Lipinski definition) is 2. The molecule has 0 radical (unpaired) electrons. The van der Waals surface area contributed by atoms with Gasteiger partial charge in [-0.25, -0.2) is 4.98 Å². The molecular formula is C12H16ClN5O3. The molecule has 1 fully saturated rings. The molecule has 9 heteroatoms. The molecule has 1 aliphatic carbocycles. The van der Waals surface area contributed by atoms with Gasteiger partial charge >= 0.3 is 5.69 Å². The number of nitrogens with two attached hydrogens (primary N) is 1. The minimum absolute atomic E-state index is 0.0120. The van der Waals surface area contributed by atoms with E-state index in [9.17, 15) is 14.9 Å². The van der Waals surface area contributed by atoms with Gasteiger partial charge in [0.1, 0.15) is 6.20 Å². The van der Waals surface area contributed by atoms with Gasteiger partial charge < -0.3 is 11.1 Å². The number of anilines is 1. The molecule has 1 aliphatic rings. The summed E-state index contributed by atoms with van der Waals surface area (Å²) in [6, 6.07) is -0.0120. The number of rotatable bonds is 4. The number of aromatic nitrogens is 2. The summed E-state index contributed by atoms with van der Waals surface area (Å²) in [6.45, 7) is 1.84. The third-order valence-electron chi connectivity index (χ3n) is 3.96. The lowest BCUT2D eigenvalue weighted by Crippen LogP contribution is -2.40. The highest BCUT2D eigenvalue weighted by Crippen LogP contribution is 2.37. The molecular weight excluding hydrogens is 298 g/mol. The van der Waals surface area contributed by atoms with Gasteiger partial charge in [0.15, 0.2) is 0 Å². The molecule has 1 heterocycles. The fourth-order valence-corrected chi connectivity index (χ4v) is 2.57. The maximum atomic E-state index is 11.4. The topological polar surface area (TPSA) is 124 Å². The van der Waals surface area contributed by atoms with Crippen molar-refractivity contribution in [3.63, 3.8) is 0 Å². The Morgan fingerprint density at radius 2 is 2.19 bits per heavy atom. The molecule has 0 saturated heterocycles. The molecule has 0 aromatic carbocycles. The minimum atomic E-state index is -0.561. The van der Waals surface area contributed by atoms with E-state index in [0.717, 1.165) is 6.20 Å². The number of carbonyl (C=O) groups excluding carboxylic acids is 1. The quantitative estimate of drug-likeness (QED) is 0.497. The van der Waals surface area contributed by atoms with E-state index in [1.54, 1.807) is 0 Å².